The topological polar surface area (TPSA) is 57.4 Å². The largest absolute Gasteiger partial charge is 0.283 e. The summed E-state index contributed by atoms with van der Waals surface area (Å²) in [7, 11) is 0. The summed E-state index contributed by atoms with van der Waals surface area (Å²) in [5, 5.41) is 12.9. The van der Waals surface area contributed by atoms with E-state index in [0.717, 1.165) is 11.4 Å². The van der Waals surface area contributed by atoms with Gasteiger partial charge in [-0.05, 0) is 26.0 Å². The summed E-state index contributed by atoms with van der Waals surface area (Å²) in [4.78, 5) is 0. The molecule has 16 heavy (non-hydrogen) atoms. The number of aromatic amines is 2. The van der Waals surface area contributed by atoms with Crippen molar-refractivity contribution in [3.63, 3.8) is 0 Å². The standard InChI is InChI=1S/2C4H6N2.2C2H6/c2*1-4-2-3-5-6-4;2*1-2/h2*2-3H,1H3,(H,5,6);2*1-2H3. The smallest absolute Gasteiger partial charge is 0.0489 e. The van der Waals surface area contributed by atoms with Crippen molar-refractivity contribution in [3.05, 3.63) is 35.9 Å². The summed E-state index contributed by atoms with van der Waals surface area (Å²) in [6.45, 7) is 11.9. The van der Waals surface area contributed by atoms with Gasteiger partial charge >= 0.3 is 0 Å². The Morgan fingerprint density at radius 1 is 0.750 bits per heavy atom. The molecule has 4 nitrogen and oxygen atoms in total. The fourth-order valence-corrected chi connectivity index (χ4v) is 0.651. The number of nitrogens with zero attached hydrogens (tertiary/aromatic N) is 2. The number of hydrogen-bond donors (Lipinski definition) is 2. The van der Waals surface area contributed by atoms with Crippen LogP contribution >= 0.6 is 0 Å². The van der Waals surface area contributed by atoms with Crippen molar-refractivity contribution in [2.75, 3.05) is 0 Å². The highest BCUT2D eigenvalue weighted by molar-refractivity contribution is 4.92. The van der Waals surface area contributed by atoms with Gasteiger partial charge < -0.3 is 0 Å². The number of aryl methyl sites for hydroxylation is 2. The zero-order valence-electron chi connectivity index (χ0n) is 11.2. The van der Waals surface area contributed by atoms with Gasteiger partial charge in [0.2, 0.25) is 0 Å². The first kappa shape index (κ1) is 16.8. The van der Waals surface area contributed by atoms with Crippen LogP contribution in [0.2, 0.25) is 0 Å². The van der Waals surface area contributed by atoms with Crippen LogP contribution in [0.1, 0.15) is 39.1 Å². The first-order chi connectivity index (χ1) is 7.79. The second-order valence-electron chi connectivity index (χ2n) is 2.48. The molecule has 0 aliphatic heterocycles. The van der Waals surface area contributed by atoms with Crippen molar-refractivity contribution in [3.8, 4) is 0 Å². The van der Waals surface area contributed by atoms with E-state index in [2.05, 4.69) is 20.4 Å². The minimum atomic E-state index is 1.11. The Labute approximate surface area is 98.5 Å². The van der Waals surface area contributed by atoms with Crippen LogP contribution in [0.3, 0.4) is 0 Å². The average Bonchev–Trinajstić information content (AvgIpc) is 2.98. The van der Waals surface area contributed by atoms with Gasteiger partial charge in [0.05, 0.1) is 0 Å². The number of hydrogen-bond acceptors (Lipinski definition) is 2. The average molecular weight is 224 g/mol. The molecule has 0 radical (unpaired) electrons. The molecule has 2 rings (SSSR count). The number of aromatic nitrogens is 4. The first-order valence-electron chi connectivity index (χ1n) is 5.71. The molecule has 92 valence electrons. The van der Waals surface area contributed by atoms with Gasteiger partial charge in [0.1, 0.15) is 0 Å². The third kappa shape index (κ3) is 10.5. The Balaban J connectivity index is 0. The molecular formula is C12H24N4. The Hall–Kier alpha value is -1.58. The first-order valence-corrected chi connectivity index (χ1v) is 5.71. The lowest BCUT2D eigenvalue weighted by Gasteiger charge is -1.68. The van der Waals surface area contributed by atoms with Crippen LogP contribution in [0, 0.1) is 13.8 Å². The van der Waals surface area contributed by atoms with Gasteiger partial charge in [0.25, 0.3) is 0 Å². The van der Waals surface area contributed by atoms with E-state index in [1.54, 1.807) is 12.4 Å². The molecule has 2 heterocycles. The molecule has 0 aromatic carbocycles. The molecule has 0 aliphatic rings. The normalized spacial score (nSPS) is 7.38. The SMILES string of the molecule is CC.CC.Cc1ccn[nH]1.Cc1ccn[nH]1. The molecule has 0 atom stereocenters. The predicted molar refractivity (Wildman–Crippen MR) is 69.3 cm³/mol. The fourth-order valence-electron chi connectivity index (χ4n) is 0.651. The van der Waals surface area contributed by atoms with Crippen LogP contribution in [0.5, 0.6) is 0 Å². The van der Waals surface area contributed by atoms with Crippen molar-refractivity contribution in [2.24, 2.45) is 0 Å². The summed E-state index contributed by atoms with van der Waals surface area (Å²) in [6.07, 6.45) is 3.46. The molecule has 0 saturated heterocycles. The lowest BCUT2D eigenvalue weighted by molar-refractivity contribution is 1.05. The Bertz CT molecular complexity index is 252. The minimum Gasteiger partial charge on any atom is -0.283 e. The van der Waals surface area contributed by atoms with Gasteiger partial charge in [-0.3, -0.25) is 10.2 Å². The molecular weight excluding hydrogens is 200 g/mol. The number of nitrogens with one attached hydrogen (secondary N) is 2. The molecule has 0 saturated carbocycles. The van der Waals surface area contributed by atoms with Crippen LogP contribution < -0.4 is 0 Å². The molecule has 2 N–H and O–H groups in total. The van der Waals surface area contributed by atoms with Crippen molar-refractivity contribution in [1.82, 2.24) is 20.4 Å². The zero-order chi connectivity index (χ0) is 12.8. The van der Waals surface area contributed by atoms with Crippen molar-refractivity contribution >= 4 is 0 Å². The second-order valence-corrected chi connectivity index (χ2v) is 2.48. The van der Waals surface area contributed by atoms with E-state index in [0.29, 0.717) is 0 Å². The van der Waals surface area contributed by atoms with Gasteiger partial charge in [0, 0.05) is 23.8 Å². The summed E-state index contributed by atoms with van der Waals surface area (Å²) >= 11 is 0. The number of rotatable bonds is 0. The molecule has 0 unspecified atom stereocenters. The third-order valence-corrected chi connectivity index (χ3v) is 1.28. The molecule has 4 heteroatoms. The molecule has 2 aromatic rings. The maximum atomic E-state index is 3.70. The summed E-state index contributed by atoms with van der Waals surface area (Å²) in [5.74, 6) is 0. The maximum absolute atomic E-state index is 3.70. The lowest BCUT2D eigenvalue weighted by Crippen LogP contribution is -1.65. The van der Waals surface area contributed by atoms with Gasteiger partial charge in [-0.2, -0.15) is 10.2 Å². The van der Waals surface area contributed by atoms with Gasteiger partial charge in [-0.15, -0.1) is 0 Å². The van der Waals surface area contributed by atoms with Crippen LogP contribution in [-0.2, 0) is 0 Å². The second kappa shape index (κ2) is 13.4. The fraction of sp³-hybridized carbons (Fsp3) is 0.500. The molecule has 2 aromatic heterocycles. The highest BCUT2D eigenvalue weighted by Gasteiger charge is 1.74. The van der Waals surface area contributed by atoms with E-state index in [1.807, 2.05) is 53.7 Å². The van der Waals surface area contributed by atoms with E-state index in [1.165, 1.54) is 0 Å². The Morgan fingerprint density at radius 2 is 1.06 bits per heavy atom. The van der Waals surface area contributed by atoms with E-state index in [9.17, 15) is 0 Å². The molecule has 0 bridgehead atoms. The minimum absolute atomic E-state index is 1.11. The van der Waals surface area contributed by atoms with Gasteiger partial charge in [-0.25, -0.2) is 0 Å². The highest BCUT2D eigenvalue weighted by Crippen LogP contribution is 1.82. The Kier molecular flexibility index (Phi) is 14.1. The van der Waals surface area contributed by atoms with Crippen LogP contribution in [-0.4, -0.2) is 20.4 Å². The van der Waals surface area contributed by atoms with E-state index < -0.39 is 0 Å². The predicted octanol–water partition coefficient (Wildman–Crippen LogP) is 3.49. The van der Waals surface area contributed by atoms with Crippen LogP contribution in [0.25, 0.3) is 0 Å². The highest BCUT2D eigenvalue weighted by atomic mass is 15.1. The van der Waals surface area contributed by atoms with Gasteiger partial charge in [-0.1, -0.05) is 27.7 Å². The van der Waals surface area contributed by atoms with Crippen LogP contribution in [0.4, 0.5) is 0 Å². The van der Waals surface area contributed by atoms with Crippen molar-refractivity contribution in [1.29, 1.82) is 0 Å². The van der Waals surface area contributed by atoms with Crippen LogP contribution in [0.15, 0.2) is 24.5 Å². The summed E-state index contributed by atoms with van der Waals surface area (Å²) in [6, 6.07) is 3.83. The number of H-pyrrole nitrogens is 2. The van der Waals surface area contributed by atoms with Crippen molar-refractivity contribution < 1.29 is 0 Å². The van der Waals surface area contributed by atoms with Gasteiger partial charge in [0.15, 0.2) is 0 Å². The molecule has 0 fully saturated rings. The zero-order valence-corrected chi connectivity index (χ0v) is 11.2. The molecule has 0 amide bonds. The quantitative estimate of drug-likeness (QED) is 0.719. The molecule has 0 aliphatic carbocycles. The summed E-state index contributed by atoms with van der Waals surface area (Å²) < 4.78 is 0. The maximum Gasteiger partial charge on any atom is 0.0489 e. The third-order valence-electron chi connectivity index (χ3n) is 1.28. The van der Waals surface area contributed by atoms with E-state index >= 15 is 0 Å². The van der Waals surface area contributed by atoms with Crippen molar-refractivity contribution in [2.45, 2.75) is 41.5 Å². The summed E-state index contributed by atoms with van der Waals surface area (Å²) in [5.41, 5.74) is 2.21. The lowest BCUT2D eigenvalue weighted by atomic mass is 10.5. The Morgan fingerprint density at radius 3 is 1.12 bits per heavy atom. The monoisotopic (exact) mass is 224 g/mol. The molecule has 0 spiro atoms. The van der Waals surface area contributed by atoms with E-state index in [-0.39, 0.29) is 0 Å². The van der Waals surface area contributed by atoms with E-state index in [4.69, 9.17) is 0 Å².